The van der Waals surface area contributed by atoms with Gasteiger partial charge in [0, 0.05) is 19.3 Å². The smallest absolute Gasteiger partial charge is 0.335 e. The van der Waals surface area contributed by atoms with Gasteiger partial charge in [-0.1, -0.05) is 234 Å². The first kappa shape index (κ1) is 72.9. The number of carbonyl (C=O) groups is 4. The average Bonchev–Trinajstić information content (AvgIpc) is 3.44. The second-order valence-corrected chi connectivity index (χ2v) is 21.3. The van der Waals surface area contributed by atoms with Gasteiger partial charge in [0.2, 0.25) is 0 Å². The van der Waals surface area contributed by atoms with E-state index in [4.69, 9.17) is 23.7 Å². The highest BCUT2D eigenvalue weighted by atomic mass is 16.7. The largest absolute Gasteiger partial charge is 0.479 e. The predicted molar refractivity (Wildman–Crippen MR) is 321 cm³/mol. The van der Waals surface area contributed by atoms with Crippen LogP contribution in [-0.4, -0.2) is 89.2 Å². The lowest BCUT2D eigenvalue weighted by atomic mass is 9.98. The molecule has 1 aliphatic rings. The molecule has 0 bridgehead atoms. The molecule has 3 N–H and O–H groups in total. The highest BCUT2D eigenvalue weighted by Gasteiger charge is 2.50. The molecule has 1 rings (SSSR count). The van der Waals surface area contributed by atoms with Gasteiger partial charge in [-0.25, -0.2) is 4.79 Å². The molecule has 12 heteroatoms. The third-order valence-electron chi connectivity index (χ3n) is 14.0. The second-order valence-electron chi connectivity index (χ2n) is 21.3. The third-order valence-corrected chi connectivity index (χ3v) is 14.0. The standard InChI is InChI=1S/C67H112O12/c1-4-7-10-13-16-19-22-25-27-29-30-32-33-36-38-41-44-47-50-53-59(68)75-56-58(77-60(69)54-51-48-45-42-40-37-34-31-28-26-23-20-17-14-11-8-5-2)57-76-67-65(63(72)62(71)64(79-67)66(73)74)78-61(70)55-52-49-46-43-39-35-24-21-18-15-12-9-6-3/h7,10,16-17,19-20,25-28,30,32,36,38,58,62-65,67,71-72H,4-6,8-9,11-15,18,21-24,29,31,33-35,37,39-57H2,1-3H3,(H,73,74)/b10-7-,19-16-,20-17-,27-25-,28-26-,32-30-,38-36-. The number of esters is 3. The maximum absolute atomic E-state index is 13.2. The lowest BCUT2D eigenvalue weighted by molar-refractivity contribution is -0.301. The zero-order chi connectivity index (χ0) is 57.5. The number of carboxylic acid groups (broad SMARTS) is 1. The first-order chi connectivity index (χ1) is 38.6. The van der Waals surface area contributed by atoms with Gasteiger partial charge in [-0.15, -0.1) is 0 Å². The molecule has 6 unspecified atom stereocenters. The number of ether oxygens (including phenoxy) is 5. The summed E-state index contributed by atoms with van der Waals surface area (Å²) in [4.78, 5) is 51.2. The van der Waals surface area contributed by atoms with Gasteiger partial charge < -0.3 is 39.0 Å². The highest BCUT2D eigenvalue weighted by molar-refractivity contribution is 5.74. The van der Waals surface area contributed by atoms with Crippen LogP contribution in [0.4, 0.5) is 0 Å². The maximum Gasteiger partial charge on any atom is 0.335 e. The van der Waals surface area contributed by atoms with Gasteiger partial charge >= 0.3 is 23.9 Å². The number of aliphatic hydroxyl groups excluding tert-OH is 2. The maximum atomic E-state index is 13.2. The number of aliphatic hydroxyl groups is 2. The van der Waals surface area contributed by atoms with Gasteiger partial charge in [-0.3, -0.25) is 14.4 Å². The Kier molecular flexibility index (Phi) is 50.3. The summed E-state index contributed by atoms with van der Waals surface area (Å²) < 4.78 is 28.5. The lowest BCUT2D eigenvalue weighted by Gasteiger charge is -2.40. The van der Waals surface area contributed by atoms with Crippen molar-refractivity contribution < 1.29 is 58.2 Å². The normalized spacial score (nSPS) is 18.4. The topological polar surface area (TPSA) is 175 Å². The van der Waals surface area contributed by atoms with Crippen LogP contribution in [0.25, 0.3) is 0 Å². The predicted octanol–water partition coefficient (Wildman–Crippen LogP) is 16.7. The van der Waals surface area contributed by atoms with Gasteiger partial charge in [0.15, 0.2) is 24.6 Å². The van der Waals surface area contributed by atoms with Crippen molar-refractivity contribution in [3.8, 4) is 0 Å². The fourth-order valence-electron chi connectivity index (χ4n) is 9.13. The van der Waals surface area contributed by atoms with E-state index in [1.807, 2.05) is 0 Å². The molecule has 1 aliphatic heterocycles. The summed E-state index contributed by atoms with van der Waals surface area (Å²) in [6.07, 6.45) is 58.3. The molecule has 6 atom stereocenters. The zero-order valence-electron chi connectivity index (χ0n) is 49.8. The SMILES string of the molecule is CC/C=C\C/C=C\C/C=C\C/C=C\C/C=C\CCCCCC(=O)OCC(COC1OC(C(=O)O)C(O)C(O)C1OC(=O)CCCCCCCCCCCCCCC)OC(=O)CCCCCCCCC/C=C\C/C=C\CCCCC. The lowest BCUT2D eigenvalue weighted by Crippen LogP contribution is -2.61. The number of unbranched alkanes of at least 4 members (excludes halogenated alkanes) is 25. The van der Waals surface area contributed by atoms with Crippen molar-refractivity contribution in [3.05, 3.63) is 85.1 Å². The summed E-state index contributed by atoms with van der Waals surface area (Å²) in [6, 6.07) is 0. The minimum absolute atomic E-state index is 0.0564. The Morgan fingerprint density at radius 3 is 1.25 bits per heavy atom. The molecule has 1 fully saturated rings. The summed E-state index contributed by atoms with van der Waals surface area (Å²) in [5, 5.41) is 31.5. The number of aliphatic carboxylic acids is 1. The van der Waals surface area contributed by atoms with E-state index in [0.717, 1.165) is 128 Å². The molecule has 0 amide bonds. The molecule has 12 nitrogen and oxygen atoms in total. The molecular formula is C67H112O12. The summed E-state index contributed by atoms with van der Waals surface area (Å²) in [5.74, 6) is -3.16. The number of hydrogen-bond acceptors (Lipinski definition) is 11. The molecule has 0 aliphatic carbocycles. The van der Waals surface area contributed by atoms with E-state index in [1.165, 1.54) is 77.0 Å². The molecule has 0 aromatic rings. The quantitative estimate of drug-likeness (QED) is 0.0228. The van der Waals surface area contributed by atoms with E-state index in [1.54, 1.807) is 0 Å². The first-order valence-corrected chi connectivity index (χ1v) is 31.6. The van der Waals surface area contributed by atoms with Crippen molar-refractivity contribution in [3.63, 3.8) is 0 Å². The van der Waals surface area contributed by atoms with Crippen molar-refractivity contribution in [1.29, 1.82) is 0 Å². The average molecular weight is 1110 g/mol. The van der Waals surface area contributed by atoms with Crippen LogP contribution in [0.3, 0.4) is 0 Å². The van der Waals surface area contributed by atoms with Gasteiger partial charge in [0.1, 0.15) is 18.8 Å². The molecule has 0 aromatic heterocycles. The van der Waals surface area contributed by atoms with Crippen molar-refractivity contribution in [2.24, 2.45) is 0 Å². The molecule has 0 saturated carbocycles. The van der Waals surface area contributed by atoms with Crippen LogP contribution in [0, 0.1) is 0 Å². The molecule has 79 heavy (non-hydrogen) atoms. The Balaban J connectivity index is 2.70. The highest BCUT2D eigenvalue weighted by Crippen LogP contribution is 2.26. The number of allylic oxidation sites excluding steroid dienone is 14. The van der Waals surface area contributed by atoms with E-state index in [-0.39, 0.29) is 25.9 Å². The van der Waals surface area contributed by atoms with E-state index >= 15 is 0 Å². The minimum Gasteiger partial charge on any atom is -0.479 e. The Bertz CT molecular complexity index is 1700. The molecule has 0 spiro atoms. The van der Waals surface area contributed by atoms with Crippen LogP contribution in [-0.2, 0) is 42.9 Å². The number of rotatable bonds is 53. The van der Waals surface area contributed by atoms with Crippen LogP contribution in [0.15, 0.2) is 85.1 Å². The van der Waals surface area contributed by atoms with Gasteiger partial charge in [0.25, 0.3) is 0 Å². The molecule has 1 saturated heterocycles. The van der Waals surface area contributed by atoms with E-state index in [9.17, 15) is 34.5 Å². The van der Waals surface area contributed by atoms with Crippen molar-refractivity contribution in [2.75, 3.05) is 13.2 Å². The molecule has 0 aromatic carbocycles. The molecule has 0 radical (unpaired) electrons. The monoisotopic (exact) mass is 1110 g/mol. The Morgan fingerprint density at radius 1 is 0.430 bits per heavy atom. The fourth-order valence-corrected chi connectivity index (χ4v) is 9.13. The van der Waals surface area contributed by atoms with E-state index in [0.29, 0.717) is 19.3 Å². The Hall–Kier alpha value is -4.10. The minimum atomic E-state index is -1.91. The number of carbonyl (C=O) groups excluding carboxylic acids is 3. The van der Waals surface area contributed by atoms with E-state index in [2.05, 4.69) is 106 Å². The fraction of sp³-hybridized carbons (Fsp3) is 0.731. The van der Waals surface area contributed by atoms with Crippen LogP contribution >= 0.6 is 0 Å². The zero-order valence-corrected chi connectivity index (χ0v) is 49.8. The first-order valence-electron chi connectivity index (χ1n) is 31.6. The summed E-state index contributed by atoms with van der Waals surface area (Å²) >= 11 is 0. The van der Waals surface area contributed by atoms with Gasteiger partial charge in [-0.2, -0.15) is 0 Å². The Morgan fingerprint density at radius 2 is 0.797 bits per heavy atom. The van der Waals surface area contributed by atoms with E-state index < -0.39 is 67.3 Å². The molecule has 452 valence electrons. The van der Waals surface area contributed by atoms with Crippen LogP contribution < -0.4 is 0 Å². The number of carboxylic acids is 1. The molecule has 1 heterocycles. The summed E-state index contributed by atoms with van der Waals surface area (Å²) in [7, 11) is 0. The summed E-state index contributed by atoms with van der Waals surface area (Å²) in [5.41, 5.74) is 0. The van der Waals surface area contributed by atoms with Gasteiger partial charge in [-0.05, 0) is 96.3 Å². The number of hydrogen-bond donors (Lipinski definition) is 3. The van der Waals surface area contributed by atoms with Crippen molar-refractivity contribution >= 4 is 23.9 Å². The van der Waals surface area contributed by atoms with Crippen molar-refractivity contribution in [2.45, 2.75) is 302 Å². The molecular weight excluding hydrogens is 997 g/mol. The van der Waals surface area contributed by atoms with Crippen molar-refractivity contribution in [1.82, 2.24) is 0 Å². The second kappa shape index (κ2) is 54.5. The Labute approximate surface area is 480 Å². The van der Waals surface area contributed by atoms with Crippen LogP contribution in [0.2, 0.25) is 0 Å². The summed E-state index contributed by atoms with van der Waals surface area (Å²) in [6.45, 7) is 5.83. The third kappa shape index (κ3) is 44.3. The van der Waals surface area contributed by atoms with Crippen LogP contribution in [0.1, 0.15) is 265 Å². The van der Waals surface area contributed by atoms with Crippen LogP contribution in [0.5, 0.6) is 0 Å². The van der Waals surface area contributed by atoms with Gasteiger partial charge in [0.05, 0.1) is 6.61 Å².